The van der Waals surface area contributed by atoms with Crippen LogP contribution in [0.5, 0.6) is 5.75 Å². The Bertz CT molecular complexity index is 1500. The number of imide groups is 1. The van der Waals surface area contributed by atoms with Crippen LogP contribution in [0.25, 0.3) is 0 Å². The van der Waals surface area contributed by atoms with Gasteiger partial charge in [0.05, 0.1) is 27.4 Å². The van der Waals surface area contributed by atoms with Crippen molar-refractivity contribution in [3.63, 3.8) is 0 Å². The van der Waals surface area contributed by atoms with E-state index < -0.39 is 29.9 Å². The Morgan fingerprint density at radius 3 is 2.10 bits per heavy atom. The van der Waals surface area contributed by atoms with Crippen LogP contribution in [0.4, 0.5) is 22.2 Å². The number of amides is 3. The molecule has 0 bridgehead atoms. The number of carbonyl (C=O) groups is 4. The number of carboxylic acids is 1. The molecule has 42 heavy (non-hydrogen) atoms. The van der Waals surface area contributed by atoms with Crippen molar-refractivity contribution in [2.75, 3.05) is 42.3 Å². The van der Waals surface area contributed by atoms with Crippen LogP contribution in [0, 0.1) is 0 Å². The van der Waals surface area contributed by atoms with Gasteiger partial charge in [-0.15, -0.1) is 0 Å². The second kappa shape index (κ2) is 12.6. The maximum Gasteiger partial charge on any atom is 0.414 e. The third-order valence-electron chi connectivity index (χ3n) is 6.51. The summed E-state index contributed by atoms with van der Waals surface area (Å²) in [5.74, 6) is -2.00. The Balaban J connectivity index is 1.69. The summed E-state index contributed by atoms with van der Waals surface area (Å²) in [4.78, 5) is 63.8. The first-order valence-electron chi connectivity index (χ1n) is 12.9. The number of hydrogen-bond acceptors (Lipinski definition) is 9. The largest absolute Gasteiger partial charge is 0.480 e. The predicted molar refractivity (Wildman–Crippen MR) is 158 cm³/mol. The molecule has 14 heteroatoms. The van der Waals surface area contributed by atoms with E-state index in [-0.39, 0.29) is 45.0 Å². The highest BCUT2D eigenvalue weighted by Gasteiger charge is 2.40. The molecule has 2 N–H and O–H groups in total. The van der Waals surface area contributed by atoms with Crippen LogP contribution >= 0.6 is 23.2 Å². The first-order chi connectivity index (χ1) is 19.9. The number of nitrogens with one attached hydrogen (secondary N) is 1. The van der Waals surface area contributed by atoms with Crippen LogP contribution < -0.4 is 19.9 Å². The molecule has 2 aromatic carbocycles. The molecule has 0 saturated carbocycles. The topological polar surface area (TPSA) is 145 Å². The average molecular weight is 615 g/mol. The molecular formula is C28H28Cl2N6O6. The number of ether oxygens (including phenoxy) is 1. The summed E-state index contributed by atoms with van der Waals surface area (Å²) in [6, 6.07) is 7.79. The van der Waals surface area contributed by atoms with E-state index in [9.17, 15) is 24.3 Å². The number of aromatic nitrogens is 2. The Morgan fingerprint density at radius 2 is 1.60 bits per heavy atom. The lowest BCUT2D eigenvalue weighted by Crippen LogP contribution is -2.36. The van der Waals surface area contributed by atoms with E-state index in [1.165, 1.54) is 23.2 Å². The third-order valence-corrected chi connectivity index (χ3v) is 7.24. The van der Waals surface area contributed by atoms with Gasteiger partial charge in [0.15, 0.2) is 5.82 Å². The number of aliphatic carboxylic acids is 1. The summed E-state index contributed by atoms with van der Waals surface area (Å²) in [5.41, 5.74) is 0.696. The summed E-state index contributed by atoms with van der Waals surface area (Å²) in [6.07, 6.45) is 0.751. The fourth-order valence-corrected chi connectivity index (χ4v) is 4.56. The third kappa shape index (κ3) is 6.24. The molecule has 2 heterocycles. The second-order valence-electron chi connectivity index (χ2n) is 9.48. The Labute approximate surface area is 251 Å². The van der Waals surface area contributed by atoms with E-state index in [4.69, 9.17) is 27.9 Å². The van der Waals surface area contributed by atoms with Crippen molar-refractivity contribution in [2.45, 2.75) is 26.3 Å². The van der Waals surface area contributed by atoms with Crippen LogP contribution in [0.3, 0.4) is 0 Å². The molecule has 1 aliphatic heterocycles. The zero-order valence-corrected chi connectivity index (χ0v) is 24.7. The molecule has 3 aromatic rings. The number of anilines is 3. The number of carbonyl (C=O) groups excluding carboxylic acids is 3. The molecule has 1 aromatic heterocycles. The summed E-state index contributed by atoms with van der Waals surface area (Å²) < 4.78 is 5.22. The molecule has 3 amide bonds. The van der Waals surface area contributed by atoms with Crippen molar-refractivity contribution in [1.82, 2.24) is 14.9 Å². The van der Waals surface area contributed by atoms with Gasteiger partial charge < -0.3 is 25.0 Å². The van der Waals surface area contributed by atoms with Crippen LogP contribution in [-0.4, -0.2) is 77.1 Å². The first-order valence-corrected chi connectivity index (χ1v) is 13.7. The van der Waals surface area contributed by atoms with E-state index in [1.54, 1.807) is 38.4 Å². The van der Waals surface area contributed by atoms with E-state index in [0.717, 1.165) is 4.90 Å². The molecule has 0 aliphatic carbocycles. The van der Waals surface area contributed by atoms with E-state index in [2.05, 4.69) is 15.3 Å². The number of rotatable bonds is 10. The van der Waals surface area contributed by atoms with E-state index >= 15 is 0 Å². The Morgan fingerprint density at radius 1 is 1.02 bits per heavy atom. The molecule has 12 nitrogen and oxygen atoms in total. The first kappa shape index (κ1) is 30.5. The molecule has 4 rings (SSSR count). The SMILES string of the molecule is CCN(CC)c1ncc(N2C(=O)c3cc(Cl)c(Cl)cc3C2=O)c(N[C@@H](Cc2ccc(OC(=O)N(C)C)cc2)C(=O)O)n1. The number of carboxylic acid groups (broad SMARTS) is 1. The molecule has 0 saturated heterocycles. The number of fused-ring (bicyclic) bond motifs is 1. The summed E-state index contributed by atoms with van der Waals surface area (Å²) in [7, 11) is 3.11. The fraction of sp³-hybridized carbons (Fsp3) is 0.286. The van der Waals surface area contributed by atoms with Gasteiger partial charge in [0.1, 0.15) is 17.5 Å². The van der Waals surface area contributed by atoms with Crippen LogP contribution in [-0.2, 0) is 11.2 Å². The Kier molecular flexibility index (Phi) is 9.17. The van der Waals surface area contributed by atoms with Gasteiger partial charge in [-0.1, -0.05) is 35.3 Å². The monoisotopic (exact) mass is 614 g/mol. The molecule has 220 valence electrons. The minimum absolute atomic E-state index is 0.00534. The van der Waals surface area contributed by atoms with Gasteiger partial charge in [0, 0.05) is 33.6 Å². The van der Waals surface area contributed by atoms with Crippen molar-refractivity contribution < 1.29 is 29.0 Å². The summed E-state index contributed by atoms with van der Waals surface area (Å²) in [5, 5.41) is 13.2. The Hall–Kier alpha value is -4.42. The maximum absolute atomic E-state index is 13.4. The highest BCUT2D eigenvalue weighted by Crippen LogP contribution is 2.37. The molecule has 0 unspecified atom stereocenters. The minimum Gasteiger partial charge on any atom is -0.480 e. The van der Waals surface area contributed by atoms with Gasteiger partial charge in [-0.2, -0.15) is 4.98 Å². The maximum atomic E-state index is 13.4. The van der Waals surface area contributed by atoms with Crippen LogP contribution in [0.2, 0.25) is 10.0 Å². The fourth-order valence-electron chi connectivity index (χ4n) is 4.23. The number of halogens is 2. The quantitative estimate of drug-likeness (QED) is 0.311. The highest BCUT2D eigenvalue weighted by atomic mass is 35.5. The summed E-state index contributed by atoms with van der Waals surface area (Å²) >= 11 is 12.2. The van der Waals surface area contributed by atoms with E-state index in [1.807, 2.05) is 18.7 Å². The van der Waals surface area contributed by atoms with Crippen molar-refractivity contribution >= 4 is 64.5 Å². The lowest BCUT2D eigenvalue weighted by Gasteiger charge is -2.24. The predicted octanol–water partition coefficient (Wildman–Crippen LogP) is 4.60. The van der Waals surface area contributed by atoms with Gasteiger partial charge >= 0.3 is 12.1 Å². The zero-order chi connectivity index (χ0) is 30.7. The van der Waals surface area contributed by atoms with E-state index in [0.29, 0.717) is 24.4 Å². The number of nitrogens with zero attached hydrogens (tertiary/aromatic N) is 5. The minimum atomic E-state index is -1.22. The van der Waals surface area contributed by atoms with Gasteiger partial charge in [0.2, 0.25) is 5.95 Å². The molecule has 0 spiro atoms. The van der Waals surface area contributed by atoms with Crippen molar-refractivity contribution in [3.8, 4) is 5.75 Å². The number of hydrogen-bond donors (Lipinski definition) is 2. The van der Waals surface area contributed by atoms with Gasteiger partial charge in [0.25, 0.3) is 11.8 Å². The molecule has 0 radical (unpaired) electrons. The normalized spacial score (nSPS) is 13.0. The van der Waals surface area contributed by atoms with Gasteiger partial charge in [-0.25, -0.2) is 19.5 Å². The van der Waals surface area contributed by atoms with Crippen LogP contribution in [0.1, 0.15) is 40.1 Å². The lowest BCUT2D eigenvalue weighted by atomic mass is 10.1. The molecule has 1 aliphatic rings. The van der Waals surface area contributed by atoms with Crippen LogP contribution in [0.15, 0.2) is 42.6 Å². The molecule has 1 atom stereocenters. The highest BCUT2D eigenvalue weighted by molar-refractivity contribution is 6.44. The lowest BCUT2D eigenvalue weighted by molar-refractivity contribution is -0.137. The average Bonchev–Trinajstić information content (AvgIpc) is 3.18. The van der Waals surface area contributed by atoms with Gasteiger partial charge in [-0.05, 0) is 43.7 Å². The molecule has 0 fully saturated rings. The van der Waals surface area contributed by atoms with Crippen molar-refractivity contribution in [1.29, 1.82) is 0 Å². The second-order valence-corrected chi connectivity index (χ2v) is 10.3. The standard InChI is InChI=1S/C28H28Cl2N6O6/c1-5-35(6-2)27-31-14-22(36-24(37)17-12-19(29)20(30)13-18(17)25(36)38)23(33-27)32-21(26(39)40)11-15-7-9-16(10-8-15)42-28(41)34(3)4/h7-10,12-14,21H,5-6,11H2,1-4H3,(H,39,40)(H,31,32,33)/t21-/m0/s1. The zero-order valence-electron chi connectivity index (χ0n) is 23.2. The van der Waals surface area contributed by atoms with Crippen molar-refractivity contribution in [2.24, 2.45) is 0 Å². The van der Waals surface area contributed by atoms with Gasteiger partial charge in [-0.3, -0.25) is 9.59 Å². The summed E-state index contributed by atoms with van der Waals surface area (Å²) in [6.45, 7) is 4.94. The molecular weight excluding hydrogens is 587 g/mol. The van der Waals surface area contributed by atoms with Crippen molar-refractivity contribution in [3.05, 3.63) is 69.3 Å². The smallest absolute Gasteiger partial charge is 0.414 e. The number of benzene rings is 2.